The Morgan fingerprint density at radius 3 is 2.93 bits per heavy atom. The quantitative estimate of drug-likeness (QED) is 0.805. The highest BCUT2D eigenvalue weighted by atomic mass is 16.4. The average Bonchev–Trinajstić information content (AvgIpc) is 2.55. The number of hydrogen-bond donors (Lipinski definition) is 1. The van der Waals surface area contributed by atoms with Gasteiger partial charge in [0.1, 0.15) is 0 Å². The summed E-state index contributed by atoms with van der Waals surface area (Å²) >= 11 is 0. The molecule has 1 N–H and O–H groups in total. The molecule has 15 heavy (non-hydrogen) atoms. The van der Waals surface area contributed by atoms with E-state index in [1.54, 1.807) is 6.07 Å². The fraction of sp³-hybridized carbons (Fsp3) is 0.417. The molecule has 2 rings (SSSR count). The number of likely N-dealkylation sites (N-methyl/N-ethyl adjacent to an activating group) is 1. The van der Waals surface area contributed by atoms with Gasteiger partial charge in [-0.3, -0.25) is 0 Å². The maximum absolute atomic E-state index is 11.1. The molecule has 0 aromatic heterocycles. The van der Waals surface area contributed by atoms with E-state index < -0.39 is 5.97 Å². The van der Waals surface area contributed by atoms with Gasteiger partial charge in [0.15, 0.2) is 0 Å². The minimum atomic E-state index is -0.834. The van der Waals surface area contributed by atoms with Crippen LogP contribution < -0.4 is 4.90 Å². The van der Waals surface area contributed by atoms with Crippen LogP contribution in [0.1, 0.15) is 35.7 Å². The number of benzene rings is 1. The number of nitrogens with zero attached hydrogens (tertiary/aromatic N) is 1. The van der Waals surface area contributed by atoms with Crippen LogP contribution in [0.4, 0.5) is 5.69 Å². The van der Waals surface area contributed by atoms with E-state index in [4.69, 9.17) is 5.11 Å². The molecule has 1 aliphatic heterocycles. The topological polar surface area (TPSA) is 40.5 Å². The Kier molecular flexibility index (Phi) is 2.39. The number of para-hydroxylation sites is 1. The third-order valence-electron chi connectivity index (χ3n) is 3.02. The Morgan fingerprint density at radius 2 is 2.33 bits per heavy atom. The maximum Gasteiger partial charge on any atom is 0.337 e. The second-order valence-corrected chi connectivity index (χ2v) is 3.99. The van der Waals surface area contributed by atoms with Crippen molar-refractivity contribution in [1.29, 1.82) is 0 Å². The smallest absolute Gasteiger partial charge is 0.337 e. The SMILES string of the molecule is CCN1CC(C)c2cccc(C(=O)O)c21. The van der Waals surface area contributed by atoms with Crippen LogP contribution in [0, 0.1) is 0 Å². The van der Waals surface area contributed by atoms with Crippen LogP contribution in [0.15, 0.2) is 18.2 Å². The second kappa shape index (κ2) is 3.57. The van der Waals surface area contributed by atoms with Crippen LogP contribution in [-0.4, -0.2) is 24.2 Å². The molecule has 0 saturated heterocycles. The summed E-state index contributed by atoms with van der Waals surface area (Å²) < 4.78 is 0. The highest BCUT2D eigenvalue weighted by molar-refractivity contribution is 5.96. The molecule has 1 heterocycles. The van der Waals surface area contributed by atoms with Crippen molar-refractivity contribution in [3.8, 4) is 0 Å². The molecule has 0 bridgehead atoms. The zero-order chi connectivity index (χ0) is 11.0. The summed E-state index contributed by atoms with van der Waals surface area (Å²) in [7, 11) is 0. The normalized spacial score (nSPS) is 19.1. The standard InChI is InChI=1S/C12H15NO2/c1-3-13-7-8(2)9-5-4-6-10(11(9)13)12(14)15/h4-6,8H,3,7H2,1-2H3,(H,14,15). The van der Waals surface area contributed by atoms with Crippen molar-refractivity contribution in [2.45, 2.75) is 19.8 Å². The molecule has 0 saturated carbocycles. The Balaban J connectivity index is 2.58. The molecule has 1 aliphatic rings. The molecular formula is C12H15NO2. The van der Waals surface area contributed by atoms with Crippen molar-refractivity contribution in [3.05, 3.63) is 29.3 Å². The zero-order valence-electron chi connectivity index (χ0n) is 9.03. The lowest BCUT2D eigenvalue weighted by Gasteiger charge is -2.18. The fourth-order valence-electron chi connectivity index (χ4n) is 2.29. The molecule has 0 aliphatic carbocycles. The lowest BCUT2D eigenvalue weighted by atomic mass is 10.0. The lowest BCUT2D eigenvalue weighted by Crippen LogP contribution is -2.22. The number of carbonyl (C=O) groups is 1. The Morgan fingerprint density at radius 1 is 1.60 bits per heavy atom. The first-order chi connectivity index (χ1) is 7.15. The molecule has 80 valence electrons. The highest BCUT2D eigenvalue weighted by Gasteiger charge is 2.28. The van der Waals surface area contributed by atoms with Gasteiger partial charge < -0.3 is 10.0 Å². The summed E-state index contributed by atoms with van der Waals surface area (Å²) in [6, 6.07) is 5.54. The number of aromatic carboxylic acids is 1. The molecule has 0 amide bonds. The third kappa shape index (κ3) is 1.48. The van der Waals surface area contributed by atoms with Crippen LogP contribution in [0.5, 0.6) is 0 Å². The first-order valence-electron chi connectivity index (χ1n) is 5.26. The van der Waals surface area contributed by atoms with Crippen molar-refractivity contribution < 1.29 is 9.90 Å². The van der Waals surface area contributed by atoms with E-state index >= 15 is 0 Å². The molecule has 0 radical (unpaired) electrons. The summed E-state index contributed by atoms with van der Waals surface area (Å²) in [6.45, 7) is 5.98. The van der Waals surface area contributed by atoms with E-state index in [0.29, 0.717) is 11.5 Å². The third-order valence-corrected chi connectivity index (χ3v) is 3.02. The number of rotatable bonds is 2. The van der Waals surface area contributed by atoms with Crippen LogP contribution in [0.2, 0.25) is 0 Å². The van der Waals surface area contributed by atoms with E-state index in [1.807, 2.05) is 12.1 Å². The Labute approximate surface area is 89.3 Å². The van der Waals surface area contributed by atoms with Crippen molar-refractivity contribution in [3.63, 3.8) is 0 Å². The van der Waals surface area contributed by atoms with Gasteiger partial charge in [-0.15, -0.1) is 0 Å². The molecule has 0 spiro atoms. The maximum atomic E-state index is 11.1. The van der Waals surface area contributed by atoms with Crippen molar-refractivity contribution in [2.24, 2.45) is 0 Å². The van der Waals surface area contributed by atoms with Crippen LogP contribution >= 0.6 is 0 Å². The van der Waals surface area contributed by atoms with Crippen LogP contribution in [0.25, 0.3) is 0 Å². The van der Waals surface area contributed by atoms with Gasteiger partial charge in [0.2, 0.25) is 0 Å². The van der Waals surface area contributed by atoms with Gasteiger partial charge in [-0.25, -0.2) is 4.79 Å². The zero-order valence-corrected chi connectivity index (χ0v) is 9.03. The van der Waals surface area contributed by atoms with Gasteiger partial charge in [-0.2, -0.15) is 0 Å². The van der Waals surface area contributed by atoms with Crippen LogP contribution in [-0.2, 0) is 0 Å². The molecular weight excluding hydrogens is 190 g/mol. The molecule has 3 nitrogen and oxygen atoms in total. The molecule has 0 fully saturated rings. The molecule has 1 aromatic carbocycles. The summed E-state index contributed by atoms with van der Waals surface area (Å²) in [5.74, 6) is -0.404. The van der Waals surface area contributed by atoms with E-state index in [-0.39, 0.29) is 0 Å². The second-order valence-electron chi connectivity index (χ2n) is 3.99. The highest BCUT2D eigenvalue weighted by Crippen LogP contribution is 2.38. The minimum absolute atomic E-state index is 0.429. The molecule has 1 unspecified atom stereocenters. The molecule has 1 atom stereocenters. The van der Waals surface area contributed by atoms with Gasteiger partial charge >= 0.3 is 5.97 Å². The van der Waals surface area contributed by atoms with Gasteiger partial charge in [-0.1, -0.05) is 19.1 Å². The lowest BCUT2D eigenvalue weighted by molar-refractivity contribution is 0.0697. The number of hydrogen-bond acceptors (Lipinski definition) is 2. The average molecular weight is 205 g/mol. The van der Waals surface area contributed by atoms with Crippen molar-refractivity contribution in [1.82, 2.24) is 0 Å². The van der Waals surface area contributed by atoms with Gasteiger partial charge in [0.05, 0.1) is 11.3 Å². The summed E-state index contributed by atoms with van der Waals surface area (Å²) in [6.07, 6.45) is 0. The monoisotopic (exact) mass is 205 g/mol. The summed E-state index contributed by atoms with van der Waals surface area (Å²) in [4.78, 5) is 13.2. The molecule has 3 heteroatoms. The van der Waals surface area contributed by atoms with E-state index in [9.17, 15) is 4.79 Å². The summed E-state index contributed by atoms with van der Waals surface area (Å²) in [5, 5.41) is 9.12. The largest absolute Gasteiger partial charge is 0.478 e. The van der Waals surface area contributed by atoms with E-state index in [2.05, 4.69) is 18.7 Å². The number of carboxylic acids is 1. The predicted molar refractivity (Wildman–Crippen MR) is 59.7 cm³/mol. The van der Waals surface area contributed by atoms with Crippen molar-refractivity contribution in [2.75, 3.05) is 18.0 Å². The Bertz CT molecular complexity index is 401. The van der Waals surface area contributed by atoms with Gasteiger partial charge in [0.25, 0.3) is 0 Å². The number of anilines is 1. The van der Waals surface area contributed by atoms with Crippen molar-refractivity contribution >= 4 is 11.7 Å². The first-order valence-corrected chi connectivity index (χ1v) is 5.26. The minimum Gasteiger partial charge on any atom is -0.478 e. The fourth-order valence-corrected chi connectivity index (χ4v) is 2.29. The number of fused-ring (bicyclic) bond motifs is 1. The van der Waals surface area contributed by atoms with E-state index in [0.717, 1.165) is 24.3 Å². The van der Waals surface area contributed by atoms with Gasteiger partial charge in [0, 0.05) is 19.0 Å². The first kappa shape index (κ1) is 10.0. The number of carboxylic acid groups (broad SMARTS) is 1. The predicted octanol–water partition coefficient (Wildman–Crippen LogP) is 2.33. The van der Waals surface area contributed by atoms with E-state index in [1.165, 1.54) is 0 Å². The van der Waals surface area contributed by atoms with Gasteiger partial charge in [-0.05, 0) is 18.6 Å². The Hall–Kier alpha value is -1.51. The summed E-state index contributed by atoms with van der Waals surface area (Å²) in [5.41, 5.74) is 2.51. The van der Waals surface area contributed by atoms with Crippen LogP contribution in [0.3, 0.4) is 0 Å². The molecule has 1 aromatic rings.